The first-order chi connectivity index (χ1) is 4.96. The second kappa shape index (κ2) is 2.76. The van der Waals surface area contributed by atoms with Crippen LogP contribution in [0.15, 0.2) is 0 Å². The molecule has 0 saturated carbocycles. The first-order valence-corrected chi connectivity index (χ1v) is 4.30. The van der Waals surface area contributed by atoms with Gasteiger partial charge in [-0.15, -0.1) is 0 Å². The normalized spacial score (nSPS) is 33.8. The van der Waals surface area contributed by atoms with Crippen LogP contribution in [0.1, 0.15) is 27.7 Å². The second-order valence-corrected chi connectivity index (χ2v) is 4.51. The van der Waals surface area contributed by atoms with Gasteiger partial charge in [0.2, 0.25) is 0 Å². The van der Waals surface area contributed by atoms with Gasteiger partial charge in [-0.2, -0.15) is 0 Å². The molecule has 1 rings (SSSR count). The Bertz CT molecular complexity index is 131. The summed E-state index contributed by atoms with van der Waals surface area (Å²) in [5.41, 5.74) is 0.228. The topological polar surface area (TPSA) is 21.3 Å². The van der Waals surface area contributed by atoms with E-state index in [1.807, 2.05) is 0 Å². The monoisotopic (exact) mass is 157 g/mol. The van der Waals surface area contributed by atoms with Crippen LogP contribution < -0.4 is 5.32 Å². The number of rotatable bonds is 0. The quantitative estimate of drug-likeness (QED) is 0.574. The lowest BCUT2D eigenvalue weighted by molar-refractivity contribution is -0.119. The number of nitrogens with one attached hydrogen (secondary N) is 1. The van der Waals surface area contributed by atoms with Gasteiger partial charge < -0.3 is 10.1 Å². The molecule has 1 heterocycles. The molecule has 0 spiro atoms. The van der Waals surface area contributed by atoms with E-state index in [0.29, 0.717) is 0 Å². The van der Waals surface area contributed by atoms with E-state index in [0.717, 1.165) is 19.7 Å². The van der Waals surface area contributed by atoms with Crippen molar-refractivity contribution in [3.63, 3.8) is 0 Å². The van der Waals surface area contributed by atoms with Gasteiger partial charge in [-0.25, -0.2) is 0 Å². The van der Waals surface area contributed by atoms with Crippen LogP contribution in [0.2, 0.25) is 0 Å². The van der Waals surface area contributed by atoms with E-state index in [9.17, 15) is 0 Å². The van der Waals surface area contributed by atoms with E-state index in [2.05, 4.69) is 33.0 Å². The first-order valence-electron chi connectivity index (χ1n) is 4.30. The summed E-state index contributed by atoms with van der Waals surface area (Å²) in [5.74, 6) is 0. The maximum atomic E-state index is 5.77. The summed E-state index contributed by atoms with van der Waals surface area (Å²) >= 11 is 0. The molecule has 0 radical (unpaired) electrons. The molecule has 0 aromatic rings. The van der Waals surface area contributed by atoms with E-state index in [1.165, 1.54) is 0 Å². The van der Waals surface area contributed by atoms with Crippen LogP contribution in [-0.2, 0) is 4.74 Å². The minimum Gasteiger partial charge on any atom is -0.372 e. The molecule has 2 nitrogen and oxygen atoms in total. The van der Waals surface area contributed by atoms with E-state index in [4.69, 9.17) is 4.74 Å². The van der Waals surface area contributed by atoms with Crippen LogP contribution in [-0.4, -0.2) is 25.3 Å². The fourth-order valence-electron chi connectivity index (χ4n) is 1.21. The summed E-state index contributed by atoms with van der Waals surface area (Å²) in [6.07, 6.45) is 0. The van der Waals surface area contributed by atoms with Gasteiger partial charge in [-0.3, -0.25) is 0 Å². The molecule has 0 aromatic carbocycles. The van der Waals surface area contributed by atoms with Gasteiger partial charge in [0, 0.05) is 13.1 Å². The summed E-state index contributed by atoms with van der Waals surface area (Å²) in [4.78, 5) is 0. The maximum Gasteiger partial charge on any atom is 0.0826 e. The molecule has 66 valence electrons. The molecule has 1 aliphatic rings. The predicted octanol–water partition coefficient (Wildman–Crippen LogP) is 1.41. The third-order valence-electron chi connectivity index (χ3n) is 2.75. The van der Waals surface area contributed by atoms with Gasteiger partial charge in [-0.1, -0.05) is 20.8 Å². The molecule has 1 fully saturated rings. The Balaban J connectivity index is 2.64. The SMILES string of the molecule is CC(C)(C)C1(C)CNCCO1. The molecule has 0 aliphatic carbocycles. The Hall–Kier alpha value is -0.0800. The summed E-state index contributed by atoms with van der Waals surface area (Å²) < 4.78 is 5.77. The Morgan fingerprint density at radius 2 is 2.00 bits per heavy atom. The minimum absolute atomic E-state index is 0.00521. The van der Waals surface area contributed by atoms with Crippen LogP contribution in [0.4, 0.5) is 0 Å². The lowest BCUT2D eigenvalue weighted by Crippen LogP contribution is -2.55. The van der Waals surface area contributed by atoms with E-state index < -0.39 is 0 Å². The summed E-state index contributed by atoms with van der Waals surface area (Å²) in [6.45, 7) is 11.6. The zero-order chi connectivity index (χ0) is 8.54. The zero-order valence-corrected chi connectivity index (χ0v) is 8.03. The predicted molar refractivity (Wildman–Crippen MR) is 46.7 cm³/mol. The van der Waals surface area contributed by atoms with Gasteiger partial charge in [0.15, 0.2) is 0 Å². The van der Waals surface area contributed by atoms with Crippen molar-refractivity contribution >= 4 is 0 Å². The highest BCUT2D eigenvalue weighted by molar-refractivity contribution is 4.92. The Labute approximate surface area is 69.3 Å². The highest BCUT2D eigenvalue weighted by Gasteiger charge is 2.39. The molecule has 0 bridgehead atoms. The number of hydrogen-bond donors (Lipinski definition) is 1. The van der Waals surface area contributed by atoms with E-state index >= 15 is 0 Å². The fraction of sp³-hybridized carbons (Fsp3) is 1.00. The highest BCUT2D eigenvalue weighted by Crippen LogP contribution is 2.33. The molecule has 1 aliphatic heterocycles. The van der Waals surface area contributed by atoms with Gasteiger partial charge in [0.25, 0.3) is 0 Å². The largest absolute Gasteiger partial charge is 0.372 e. The van der Waals surface area contributed by atoms with E-state index in [-0.39, 0.29) is 11.0 Å². The van der Waals surface area contributed by atoms with Crippen LogP contribution >= 0.6 is 0 Å². The van der Waals surface area contributed by atoms with Crippen LogP contribution in [0.25, 0.3) is 0 Å². The number of hydrogen-bond acceptors (Lipinski definition) is 2. The minimum atomic E-state index is 0.00521. The molecule has 1 atom stereocenters. The van der Waals surface area contributed by atoms with Gasteiger partial charge in [0.1, 0.15) is 0 Å². The maximum absolute atomic E-state index is 5.77. The zero-order valence-electron chi connectivity index (χ0n) is 8.03. The molecule has 1 unspecified atom stereocenters. The summed E-state index contributed by atoms with van der Waals surface area (Å²) in [6, 6.07) is 0. The van der Waals surface area contributed by atoms with Crippen LogP contribution in [0.3, 0.4) is 0 Å². The molecule has 0 amide bonds. The molecule has 0 aromatic heterocycles. The van der Waals surface area contributed by atoms with Crippen molar-refractivity contribution in [2.45, 2.75) is 33.3 Å². The van der Waals surface area contributed by atoms with Crippen molar-refractivity contribution in [1.29, 1.82) is 0 Å². The van der Waals surface area contributed by atoms with Crippen LogP contribution in [0.5, 0.6) is 0 Å². The lowest BCUT2D eigenvalue weighted by Gasteiger charge is -2.44. The first kappa shape index (κ1) is 9.01. The third kappa shape index (κ3) is 1.74. The van der Waals surface area contributed by atoms with Gasteiger partial charge in [-0.05, 0) is 12.3 Å². The molecule has 11 heavy (non-hydrogen) atoms. The third-order valence-corrected chi connectivity index (χ3v) is 2.75. The van der Waals surface area contributed by atoms with Crippen molar-refractivity contribution < 1.29 is 4.74 Å². The molecule has 1 N–H and O–H groups in total. The molecule has 1 saturated heterocycles. The van der Waals surface area contributed by atoms with Crippen molar-refractivity contribution in [2.24, 2.45) is 5.41 Å². The van der Waals surface area contributed by atoms with Crippen molar-refractivity contribution in [2.75, 3.05) is 19.7 Å². The van der Waals surface area contributed by atoms with Crippen LogP contribution in [0, 0.1) is 5.41 Å². The Morgan fingerprint density at radius 3 is 2.27 bits per heavy atom. The molecule has 2 heteroatoms. The van der Waals surface area contributed by atoms with Gasteiger partial charge >= 0.3 is 0 Å². The second-order valence-electron chi connectivity index (χ2n) is 4.51. The highest BCUT2D eigenvalue weighted by atomic mass is 16.5. The number of ether oxygens (including phenoxy) is 1. The average molecular weight is 157 g/mol. The van der Waals surface area contributed by atoms with Crippen molar-refractivity contribution in [3.8, 4) is 0 Å². The molecular weight excluding hydrogens is 138 g/mol. The lowest BCUT2D eigenvalue weighted by atomic mass is 9.77. The standard InChI is InChI=1S/C9H19NO/c1-8(2,3)9(4)7-10-5-6-11-9/h10H,5-7H2,1-4H3. The fourth-order valence-corrected chi connectivity index (χ4v) is 1.21. The average Bonchev–Trinajstić information content (AvgIpc) is 1.87. The molecular formula is C9H19NO. The summed E-state index contributed by atoms with van der Waals surface area (Å²) in [5, 5.41) is 3.36. The smallest absolute Gasteiger partial charge is 0.0826 e. The Kier molecular flexibility index (Phi) is 2.26. The Morgan fingerprint density at radius 1 is 1.36 bits per heavy atom. The summed E-state index contributed by atoms with van der Waals surface area (Å²) in [7, 11) is 0. The van der Waals surface area contributed by atoms with Crippen molar-refractivity contribution in [3.05, 3.63) is 0 Å². The van der Waals surface area contributed by atoms with E-state index in [1.54, 1.807) is 0 Å². The van der Waals surface area contributed by atoms with Gasteiger partial charge in [0.05, 0.1) is 12.2 Å². The van der Waals surface area contributed by atoms with Crippen molar-refractivity contribution in [1.82, 2.24) is 5.32 Å². The number of morpholine rings is 1.